The van der Waals surface area contributed by atoms with E-state index in [9.17, 15) is 18.0 Å². The van der Waals surface area contributed by atoms with Crippen molar-refractivity contribution >= 4 is 44.8 Å². The van der Waals surface area contributed by atoms with Gasteiger partial charge < -0.3 is 15.4 Å². The van der Waals surface area contributed by atoms with Gasteiger partial charge in [0.2, 0.25) is 15.9 Å². The molecule has 1 saturated heterocycles. The molecule has 0 radical (unpaired) electrons. The fraction of sp³-hybridized carbons (Fsp3) is 0.333. The van der Waals surface area contributed by atoms with Gasteiger partial charge in [-0.1, -0.05) is 36.7 Å². The minimum Gasteiger partial charge on any atom is -0.482 e. The zero-order valence-electron chi connectivity index (χ0n) is 16.9. The fourth-order valence-electron chi connectivity index (χ4n) is 3.86. The molecule has 0 bridgehead atoms. The molecule has 2 aliphatic rings. The van der Waals surface area contributed by atoms with Crippen molar-refractivity contribution in [2.24, 2.45) is 0 Å². The van der Waals surface area contributed by atoms with Crippen LogP contribution in [-0.2, 0) is 26.0 Å². The summed E-state index contributed by atoms with van der Waals surface area (Å²) in [6, 6.07) is 9.24. The van der Waals surface area contributed by atoms with Gasteiger partial charge >= 0.3 is 0 Å². The molecule has 164 valence electrons. The van der Waals surface area contributed by atoms with Crippen molar-refractivity contribution in [2.45, 2.75) is 37.1 Å². The van der Waals surface area contributed by atoms with Crippen LogP contribution in [-0.4, -0.2) is 43.7 Å². The minimum absolute atomic E-state index is 0.0491. The average Bonchev–Trinajstić information content (AvgIpc) is 3.24. The molecule has 2 N–H and O–H groups in total. The molecule has 2 aliphatic heterocycles. The number of rotatable bonds is 5. The highest BCUT2D eigenvalue weighted by molar-refractivity contribution is 7.89. The number of nitrogens with zero attached hydrogens (tertiary/aromatic N) is 1. The molecule has 2 aromatic carbocycles. The average molecular weight is 464 g/mol. The van der Waals surface area contributed by atoms with Crippen LogP contribution < -0.4 is 15.4 Å². The van der Waals surface area contributed by atoms with E-state index in [-0.39, 0.29) is 40.6 Å². The number of para-hydroxylation sites is 1. The Morgan fingerprint density at radius 1 is 1.32 bits per heavy atom. The maximum atomic E-state index is 13.4. The Bertz CT molecular complexity index is 1150. The summed E-state index contributed by atoms with van der Waals surface area (Å²) in [4.78, 5) is 24.3. The maximum absolute atomic E-state index is 13.4. The monoisotopic (exact) mass is 463 g/mol. The molecule has 0 spiro atoms. The molecule has 0 unspecified atom stereocenters. The van der Waals surface area contributed by atoms with Crippen LogP contribution in [0.1, 0.15) is 25.3 Å². The molecule has 2 aromatic rings. The van der Waals surface area contributed by atoms with Crippen molar-refractivity contribution in [2.75, 3.05) is 23.8 Å². The standard InChI is InChI=1S/C21H22ClN3O5S/c1-2-13-6-3-4-7-15(13)24-21(27)17-8-5-9-25(17)31(28,29)19-11-18-16(10-14(19)22)23-20(26)12-30-18/h3-4,6-7,10-11,17H,2,5,8-9,12H2,1H3,(H,23,26)(H,24,27)/t17-/m0/s1. The van der Waals surface area contributed by atoms with Crippen LogP contribution in [0.25, 0.3) is 0 Å². The van der Waals surface area contributed by atoms with Crippen molar-refractivity contribution in [3.8, 4) is 5.75 Å². The van der Waals surface area contributed by atoms with Gasteiger partial charge in [0.05, 0.1) is 10.7 Å². The number of carbonyl (C=O) groups excluding carboxylic acids is 2. The van der Waals surface area contributed by atoms with Crippen LogP contribution in [0.2, 0.25) is 5.02 Å². The molecule has 31 heavy (non-hydrogen) atoms. The molecule has 0 saturated carbocycles. The van der Waals surface area contributed by atoms with Gasteiger partial charge in [-0.25, -0.2) is 8.42 Å². The van der Waals surface area contributed by atoms with Crippen molar-refractivity contribution in [1.82, 2.24) is 4.31 Å². The number of anilines is 2. The lowest BCUT2D eigenvalue weighted by Gasteiger charge is -2.25. The fourth-order valence-corrected chi connectivity index (χ4v) is 6.04. The first-order valence-electron chi connectivity index (χ1n) is 9.98. The zero-order chi connectivity index (χ0) is 22.2. The van der Waals surface area contributed by atoms with Crippen LogP contribution in [0.4, 0.5) is 11.4 Å². The van der Waals surface area contributed by atoms with Gasteiger partial charge in [0.25, 0.3) is 5.91 Å². The summed E-state index contributed by atoms with van der Waals surface area (Å²) in [5, 5.41) is 5.42. The molecule has 8 nitrogen and oxygen atoms in total. The molecule has 1 fully saturated rings. The highest BCUT2D eigenvalue weighted by Crippen LogP contribution is 2.38. The van der Waals surface area contributed by atoms with E-state index in [4.69, 9.17) is 16.3 Å². The van der Waals surface area contributed by atoms with E-state index in [0.29, 0.717) is 24.2 Å². The van der Waals surface area contributed by atoms with Gasteiger partial charge in [0.15, 0.2) is 6.61 Å². The third-order valence-electron chi connectivity index (χ3n) is 5.42. The zero-order valence-corrected chi connectivity index (χ0v) is 18.4. The second-order valence-corrected chi connectivity index (χ2v) is 9.66. The Hall–Kier alpha value is -2.62. The molecular formula is C21H22ClN3O5S. The SMILES string of the molecule is CCc1ccccc1NC(=O)[C@@H]1CCCN1S(=O)(=O)c1cc2c(cc1Cl)NC(=O)CO2. The number of benzene rings is 2. The number of halogens is 1. The number of aryl methyl sites for hydroxylation is 1. The molecule has 0 aliphatic carbocycles. The summed E-state index contributed by atoms with van der Waals surface area (Å²) < 4.78 is 33.4. The third kappa shape index (κ3) is 4.13. The number of hydrogen-bond donors (Lipinski definition) is 2. The van der Waals surface area contributed by atoms with E-state index in [1.165, 1.54) is 16.4 Å². The van der Waals surface area contributed by atoms with E-state index in [2.05, 4.69) is 10.6 Å². The summed E-state index contributed by atoms with van der Waals surface area (Å²) in [6.07, 6.45) is 1.71. The first kappa shape index (κ1) is 21.6. The smallest absolute Gasteiger partial charge is 0.262 e. The van der Waals surface area contributed by atoms with E-state index in [1.807, 2.05) is 25.1 Å². The topological polar surface area (TPSA) is 105 Å². The normalized spacial score (nSPS) is 18.8. The number of hydrogen-bond acceptors (Lipinski definition) is 5. The number of nitrogens with one attached hydrogen (secondary N) is 2. The quantitative estimate of drug-likeness (QED) is 0.709. The lowest BCUT2D eigenvalue weighted by molar-refractivity contribution is -0.119. The summed E-state index contributed by atoms with van der Waals surface area (Å²) in [5.41, 5.74) is 1.96. The minimum atomic E-state index is -4.07. The van der Waals surface area contributed by atoms with Crippen molar-refractivity contribution < 1.29 is 22.7 Å². The summed E-state index contributed by atoms with van der Waals surface area (Å²) in [5.74, 6) is -0.498. The van der Waals surface area contributed by atoms with Crippen LogP contribution in [0.15, 0.2) is 41.3 Å². The molecular weight excluding hydrogens is 442 g/mol. The van der Waals surface area contributed by atoms with E-state index < -0.39 is 16.1 Å². The summed E-state index contributed by atoms with van der Waals surface area (Å²) >= 11 is 6.26. The predicted octanol–water partition coefficient (Wildman–Crippen LogP) is 3.03. The Morgan fingerprint density at radius 2 is 2.10 bits per heavy atom. The van der Waals surface area contributed by atoms with Gasteiger partial charge in [-0.2, -0.15) is 4.31 Å². The van der Waals surface area contributed by atoms with Gasteiger partial charge in [-0.05, 0) is 37.0 Å². The largest absolute Gasteiger partial charge is 0.482 e. The lowest BCUT2D eigenvalue weighted by Crippen LogP contribution is -2.43. The van der Waals surface area contributed by atoms with Crippen LogP contribution >= 0.6 is 11.6 Å². The number of carbonyl (C=O) groups is 2. The van der Waals surface area contributed by atoms with E-state index in [0.717, 1.165) is 12.0 Å². The third-order valence-corrected chi connectivity index (χ3v) is 7.79. The first-order valence-corrected chi connectivity index (χ1v) is 11.8. The van der Waals surface area contributed by atoms with Crippen molar-refractivity contribution in [3.05, 3.63) is 47.0 Å². The maximum Gasteiger partial charge on any atom is 0.262 e. The Labute approximate surface area is 185 Å². The highest BCUT2D eigenvalue weighted by Gasteiger charge is 2.41. The van der Waals surface area contributed by atoms with Gasteiger partial charge in [-0.3, -0.25) is 9.59 Å². The van der Waals surface area contributed by atoms with E-state index in [1.54, 1.807) is 6.07 Å². The molecule has 1 atom stereocenters. The first-order chi connectivity index (χ1) is 14.8. The molecule has 2 heterocycles. The number of ether oxygens (including phenoxy) is 1. The molecule has 10 heteroatoms. The number of sulfonamides is 1. The Balaban J connectivity index is 1.62. The number of amides is 2. The highest BCUT2D eigenvalue weighted by atomic mass is 35.5. The molecule has 0 aromatic heterocycles. The van der Waals surface area contributed by atoms with Crippen molar-refractivity contribution in [1.29, 1.82) is 0 Å². The Kier molecular flexibility index (Phi) is 5.92. The van der Waals surface area contributed by atoms with E-state index >= 15 is 0 Å². The lowest BCUT2D eigenvalue weighted by atomic mass is 10.1. The second-order valence-electron chi connectivity index (χ2n) is 7.39. The molecule has 2 amide bonds. The van der Waals surface area contributed by atoms with Crippen LogP contribution in [0, 0.1) is 0 Å². The van der Waals surface area contributed by atoms with Crippen molar-refractivity contribution in [3.63, 3.8) is 0 Å². The predicted molar refractivity (Wildman–Crippen MR) is 117 cm³/mol. The summed E-state index contributed by atoms with van der Waals surface area (Å²) in [6.45, 7) is 1.99. The van der Waals surface area contributed by atoms with Crippen LogP contribution in [0.3, 0.4) is 0 Å². The van der Waals surface area contributed by atoms with Gasteiger partial charge in [0.1, 0.15) is 16.7 Å². The second kappa shape index (κ2) is 8.49. The number of fused-ring (bicyclic) bond motifs is 1. The van der Waals surface area contributed by atoms with Crippen LogP contribution in [0.5, 0.6) is 5.75 Å². The van der Waals surface area contributed by atoms with Gasteiger partial charge in [0, 0.05) is 18.3 Å². The Morgan fingerprint density at radius 3 is 2.87 bits per heavy atom. The molecule has 4 rings (SSSR count). The summed E-state index contributed by atoms with van der Waals surface area (Å²) in [7, 11) is -4.07. The van der Waals surface area contributed by atoms with Gasteiger partial charge in [-0.15, -0.1) is 0 Å².